The largest absolute Gasteiger partial charge is 0.309 e. The molecule has 1 aromatic heterocycles. The molecule has 0 spiro atoms. The Balaban J connectivity index is 1.21. The third-order valence-electron chi connectivity index (χ3n) is 7.91. The van der Waals surface area contributed by atoms with Gasteiger partial charge in [-0.05, 0) is 62.2 Å². The first kappa shape index (κ1) is 18.1. The van der Waals surface area contributed by atoms with Crippen LogP contribution in [0.2, 0.25) is 0 Å². The lowest BCUT2D eigenvalue weighted by molar-refractivity contribution is -0.125. The second kappa shape index (κ2) is 7.45. The molecule has 2 atom stereocenters. The number of nitrogens with zero attached hydrogens (tertiary/aromatic N) is 2. The van der Waals surface area contributed by atoms with Crippen molar-refractivity contribution in [3.8, 4) is 0 Å². The molecule has 150 valence electrons. The number of anilines is 2. The fourth-order valence-corrected chi connectivity index (χ4v) is 6.32. The molecule has 1 aromatic rings. The molecule has 2 unspecified atom stereocenters. The maximum Gasteiger partial charge on any atom is 0.228 e. The van der Waals surface area contributed by atoms with Gasteiger partial charge in [0.05, 0.1) is 12.4 Å². The number of carbonyl (C=O) groups is 2. The van der Waals surface area contributed by atoms with Crippen LogP contribution in [0.1, 0.15) is 64.2 Å². The maximum atomic E-state index is 12.8. The van der Waals surface area contributed by atoms with Crippen molar-refractivity contribution in [2.45, 2.75) is 64.2 Å². The van der Waals surface area contributed by atoms with Gasteiger partial charge in [-0.3, -0.25) is 14.6 Å². The van der Waals surface area contributed by atoms with Gasteiger partial charge in [0.1, 0.15) is 0 Å². The molecular weight excluding hydrogens is 352 g/mol. The highest BCUT2D eigenvalue weighted by molar-refractivity contribution is 5.94. The van der Waals surface area contributed by atoms with Gasteiger partial charge < -0.3 is 10.6 Å². The van der Waals surface area contributed by atoms with Crippen molar-refractivity contribution < 1.29 is 9.59 Å². The van der Waals surface area contributed by atoms with Crippen LogP contribution >= 0.6 is 0 Å². The minimum absolute atomic E-state index is 0.0665. The Morgan fingerprint density at radius 1 is 0.714 bits per heavy atom. The molecule has 6 aliphatic carbocycles. The first-order valence-electron chi connectivity index (χ1n) is 11.1. The summed E-state index contributed by atoms with van der Waals surface area (Å²) in [6.45, 7) is 0. The van der Waals surface area contributed by atoms with Crippen LogP contribution in [0.3, 0.4) is 0 Å². The van der Waals surface area contributed by atoms with E-state index in [0.29, 0.717) is 35.3 Å². The van der Waals surface area contributed by atoms with Crippen LogP contribution in [-0.4, -0.2) is 21.8 Å². The van der Waals surface area contributed by atoms with Crippen LogP contribution in [0.25, 0.3) is 0 Å². The zero-order valence-electron chi connectivity index (χ0n) is 16.4. The van der Waals surface area contributed by atoms with Crippen LogP contribution in [0, 0.1) is 35.5 Å². The van der Waals surface area contributed by atoms with E-state index in [1.54, 1.807) is 12.4 Å². The topological polar surface area (TPSA) is 84.0 Å². The van der Waals surface area contributed by atoms with Gasteiger partial charge >= 0.3 is 0 Å². The molecule has 7 rings (SSSR count). The van der Waals surface area contributed by atoms with Crippen molar-refractivity contribution in [3.05, 3.63) is 12.4 Å². The fraction of sp³-hybridized carbons (Fsp3) is 0.727. The zero-order chi connectivity index (χ0) is 19.1. The Hall–Kier alpha value is -1.98. The lowest BCUT2D eigenvalue weighted by Gasteiger charge is -2.41. The summed E-state index contributed by atoms with van der Waals surface area (Å²) < 4.78 is 0. The van der Waals surface area contributed by atoms with Crippen LogP contribution in [-0.2, 0) is 9.59 Å². The molecule has 6 saturated carbocycles. The van der Waals surface area contributed by atoms with Gasteiger partial charge in [0, 0.05) is 11.8 Å². The minimum Gasteiger partial charge on any atom is -0.309 e. The number of amides is 2. The van der Waals surface area contributed by atoms with E-state index in [9.17, 15) is 9.59 Å². The fourth-order valence-electron chi connectivity index (χ4n) is 6.32. The SMILES string of the molecule is O=C(Nc1cncc(NC(=O)C2CC3CCC2CC3)n1)C1CC2CCC1CC2. The second-order valence-electron chi connectivity index (χ2n) is 9.51. The summed E-state index contributed by atoms with van der Waals surface area (Å²) in [7, 11) is 0. The zero-order valence-corrected chi connectivity index (χ0v) is 16.4. The maximum absolute atomic E-state index is 12.8. The van der Waals surface area contributed by atoms with E-state index >= 15 is 0 Å². The van der Waals surface area contributed by atoms with E-state index in [2.05, 4.69) is 20.6 Å². The highest BCUT2D eigenvalue weighted by Gasteiger charge is 2.40. The molecule has 0 radical (unpaired) electrons. The Morgan fingerprint density at radius 3 is 1.50 bits per heavy atom. The number of nitrogens with one attached hydrogen (secondary N) is 2. The normalized spacial score (nSPS) is 36.1. The van der Waals surface area contributed by atoms with Crippen LogP contribution in [0.4, 0.5) is 11.6 Å². The summed E-state index contributed by atoms with van der Waals surface area (Å²) in [6, 6.07) is 0. The van der Waals surface area contributed by atoms with Crippen molar-refractivity contribution in [2.24, 2.45) is 35.5 Å². The Morgan fingerprint density at radius 2 is 1.14 bits per heavy atom. The van der Waals surface area contributed by atoms with Crippen molar-refractivity contribution in [1.29, 1.82) is 0 Å². The van der Waals surface area contributed by atoms with Crippen molar-refractivity contribution in [3.63, 3.8) is 0 Å². The van der Waals surface area contributed by atoms with E-state index in [1.165, 1.54) is 51.4 Å². The standard InChI is InChI=1S/C22H30N4O2/c27-21(17-9-13-1-5-15(17)6-2-13)25-19-11-23-12-20(24-19)26-22(28)18-10-14-3-7-16(18)8-4-14/h11-18H,1-10H2,(H2,24,25,26,27,28). The highest BCUT2D eigenvalue weighted by atomic mass is 16.2. The average molecular weight is 383 g/mol. The Labute approximate surface area is 166 Å². The van der Waals surface area contributed by atoms with E-state index < -0.39 is 0 Å². The molecule has 0 saturated heterocycles. The quantitative estimate of drug-likeness (QED) is 0.824. The van der Waals surface area contributed by atoms with Crippen LogP contribution in [0.15, 0.2) is 12.4 Å². The molecule has 6 aliphatic rings. The second-order valence-corrected chi connectivity index (χ2v) is 9.51. The summed E-state index contributed by atoms with van der Waals surface area (Å²) in [5.41, 5.74) is 0. The van der Waals surface area contributed by atoms with E-state index in [1.807, 2.05) is 0 Å². The smallest absolute Gasteiger partial charge is 0.228 e. The molecule has 6 heteroatoms. The summed E-state index contributed by atoms with van der Waals surface area (Å²) >= 11 is 0. The van der Waals surface area contributed by atoms with Gasteiger partial charge in [-0.1, -0.05) is 25.7 Å². The number of hydrogen-bond acceptors (Lipinski definition) is 4. The summed E-state index contributed by atoms with van der Waals surface area (Å²) in [4.78, 5) is 34.1. The number of fused-ring (bicyclic) bond motifs is 6. The van der Waals surface area contributed by atoms with Crippen molar-refractivity contribution in [2.75, 3.05) is 10.6 Å². The summed E-state index contributed by atoms with van der Waals surface area (Å²) in [5.74, 6) is 3.67. The summed E-state index contributed by atoms with van der Waals surface area (Å²) in [6.07, 6.45) is 14.9. The Bertz CT molecular complexity index is 691. The van der Waals surface area contributed by atoms with Gasteiger partial charge in [-0.25, -0.2) is 4.98 Å². The minimum atomic E-state index is 0.0665. The van der Waals surface area contributed by atoms with Gasteiger partial charge in [0.2, 0.25) is 11.8 Å². The lowest BCUT2D eigenvalue weighted by atomic mass is 9.64. The molecule has 2 amide bonds. The Kier molecular flexibility index (Phi) is 4.81. The molecule has 28 heavy (non-hydrogen) atoms. The molecule has 1 heterocycles. The molecule has 6 fully saturated rings. The van der Waals surface area contributed by atoms with E-state index in [0.717, 1.165) is 12.8 Å². The van der Waals surface area contributed by atoms with Crippen LogP contribution < -0.4 is 10.6 Å². The predicted octanol–water partition coefficient (Wildman–Crippen LogP) is 4.01. The molecule has 2 N–H and O–H groups in total. The number of carbonyl (C=O) groups excluding carboxylic acids is 2. The number of rotatable bonds is 4. The monoisotopic (exact) mass is 382 g/mol. The third-order valence-corrected chi connectivity index (χ3v) is 7.91. The van der Waals surface area contributed by atoms with Crippen LogP contribution in [0.5, 0.6) is 0 Å². The van der Waals surface area contributed by atoms with Crippen molar-refractivity contribution >= 4 is 23.5 Å². The molecule has 4 bridgehead atoms. The molecule has 0 aromatic carbocycles. The molecular formula is C22H30N4O2. The highest BCUT2D eigenvalue weighted by Crippen LogP contribution is 2.46. The lowest BCUT2D eigenvalue weighted by Crippen LogP contribution is -2.39. The first-order valence-corrected chi connectivity index (χ1v) is 11.1. The van der Waals surface area contributed by atoms with Gasteiger partial charge in [0.25, 0.3) is 0 Å². The molecule has 6 nitrogen and oxygen atoms in total. The van der Waals surface area contributed by atoms with Crippen molar-refractivity contribution in [1.82, 2.24) is 9.97 Å². The van der Waals surface area contributed by atoms with Gasteiger partial charge in [0.15, 0.2) is 11.6 Å². The predicted molar refractivity (Wildman–Crippen MR) is 106 cm³/mol. The molecule has 0 aliphatic heterocycles. The third kappa shape index (κ3) is 3.53. The van der Waals surface area contributed by atoms with E-state index in [-0.39, 0.29) is 23.7 Å². The summed E-state index contributed by atoms with van der Waals surface area (Å²) in [5, 5.41) is 5.91. The van der Waals surface area contributed by atoms with Gasteiger partial charge in [-0.15, -0.1) is 0 Å². The average Bonchev–Trinajstić information content (AvgIpc) is 2.75. The van der Waals surface area contributed by atoms with Gasteiger partial charge in [-0.2, -0.15) is 0 Å². The first-order chi connectivity index (χ1) is 13.7. The number of hydrogen-bond donors (Lipinski definition) is 2. The number of aromatic nitrogens is 2. The van der Waals surface area contributed by atoms with E-state index in [4.69, 9.17) is 0 Å².